The Morgan fingerprint density at radius 3 is 2.45 bits per heavy atom. The molecule has 5 unspecified atom stereocenters. The van der Waals surface area contributed by atoms with E-state index in [2.05, 4.69) is 83.1 Å². The van der Waals surface area contributed by atoms with E-state index in [1.54, 1.807) is 0 Å². The van der Waals surface area contributed by atoms with Crippen molar-refractivity contribution in [3.05, 3.63) is 32.7 Å². The van der Waals surface area contributed by atoms with Crippen molar-refractivity contribution in [3.8, 4) is 0 Å². The van der Waals surface area contributed by atoms with E-state index in [0.717, 1.165) is 15.5 Å². The smallest absolute Gasteiger partial charge is 0.0600 e. The standard InChI is InChI=1S/C16H23Br2NO/c1-5-19-16(13-8-12(17)6-7-14(13)18)15-9(2)10(3)20-11(15)4/h6-11,15-16,19H,5H2,1-4H3. The van der Waals surface area contributed by atoms with Crippen molar-refractivity contribution < 1.29 is 4.74 Å². The van der Waals surface area contributed by atoms with Crippen LogP contribution in [0.5, 0.6) is 0 Å². The van der Waals surface area contributed by atoms with E-state index < -0.39 is 0 Å². The molecule has 0 aliphatic carbocycles. The van der Waals surface area contributed by atoms with E-state index in [-0.39, 0.29) is 6.10 Å². The third kappa shape index (κ3) is 3.29. The summed E-state index contributed by atoms with van der Waals surface area (Å²) in [5.74, 6) is 1.02. The first-order valence-corrected chi connectivity index (χ1v) is 8.88. The second-order valence-electron chi connectivity index (χ2n) is 5.68. The first-order chi connectivity index (χ1) is 9.45. The number of benzene rings is 1. The summed E-state index contributed by atoms with van der Waals surface area (Å²) in [6.45, 7) is 9.79. The summed E-state index contributed by atoms with van der Waals surface area (Å²) in [6.07, 6.45) is 0.594. The highest BCUT2D eigenvalue weighted by atomic mass is 79.9. The van der Waals surface area contributed by atoms with Crippen LogP contribution in [0, 0.1) is 11.8 Å². The van der Waals surface area contributed by atoms with Crippen LogP contribution < -0.4 is 5.32 Å². The molecule has 0 aromatic heterocycles. The zero-order valence-electron chi connectivity index (χ0n) is 12.5. The molecule has 0 amide bonds. The Labute approximate surface area is 138 Å². The van der Waals surface area contributed by atoms with Crippen molar-refractivity contribution >= 4 is 31.9 Å². The Kier molecular flexibility index (Phi) is 5.69. The highest BCUT2D eigenvalue weighted by Gasteiger charge is 2.42. The molecule has 0 radical (unpaired) electrons. The van der Waals surface area contributed by atoms with E-state index in [4.69, 9.17) is 4.74 Å². The van der Waals surface area contributed by atoms with Crippen molar-refractivity contribution in [2.24, 2.45) is 11.8 Å². The molecule has 112 valence electrons. The molecule has 2 nitrogen and oxygen atoms in total. The molecule has 0 bridgehead atoms. The summed E-state index contributed by atoms with van der Waals surface area (Å²) in [5.41, 5.74) is 1.31. The predicted octanol–water partition coefficient (Wildman–Crippen LogP) is 4.92. The second kappa shape index (κ2) is 6.91. The Morgan fingerprint density at radius 2 is 1.90 bits per heavy atom. The van der Waals surface area contributed by atoms with Crippen LogP contribution in [0.3, 0.4) is 0 Å². The van der Waals surface area contributed by atoms with Gasteiger partial charge in [-0.25, -0.2) is 0 Å². The van der Waals surface area contributed by atoms with Gasteiger partial charge in [0.05, 0.1) is 12.2 Å². The Morgan fingerprint density at radius 1 is 1.20 bits per heavy atom. The minimum atomic E-state index is 0.273. The molecule has 1 N–H and O–H groups in total. The Hall–Kier alpha value is 0.1000. The summed E-state index contributed by atoms with van der Waals surface area (Å²) >= 11 is 7.29. The van der Waals surface area contributed by atoms with Gasteiger partial charge in [0, 0.05) is 20.9 Å². The number of ether oxygens (including phenoxy) is 1. The average Bonchev–Trinajstić information content (AvgIpc) is 2.64. The lowest BCUT2D eigenvalue weighted by Gasteiger charge is -2.31. The van der Waals surface area contributed by atoms with Crippen LogP contribution in [0.1, 0.15) is 39.3 Å². The van der Waals surface area contributed by atoms with Crippen LogP contribution in [0.15, 0.2) is 27.1 Å². The van der Waals surface area contributed by atoms with Gasteiger partial charge in [-0.1, -0.05) is 45.7 Å². The number of rotatable bonds is 4. The van der Waals surface area contributed by atoms with Gasteiger partial charge in [-0.05, 0) is 50.1 Å². The number of nitrogens with one attached hydrogen (secondary N) is 1. The topological polar surface area (TPSA) is 21.3 Å². The third-order valence-electron chi connectivity index (χ3n) is 4.42. The molecular weight excluding hydrogens is 382 g/mol. The lowest BCUT2D eigenvalue weighted by molar-refractivity contribution is 0.0475. The lowest BCUT2D eigenvalue weighted by atomic mass is 9.80. The largest absolute Gasteiger partial charge is 0.375 e. The minimum Gasteiger partial charge on any atom is -0.375 e. The van der Waals surface area contributed by atoms with Crippen LogP contribution in [0.4, 0.5) is 0 Å². The maximum atomic E-state index is 6.04. The van der Waals surface area contributed by atoms with Gasteiger partial charge in [0.1, 0.15) is 0 Å². The zero-order chi connectivity index (χ0) is 14.9. The van der Waals surface area contributed by atoms with Gasteiger partial charge in [-0.3, -0.25) is 0 Å². The molecule has 1 aliphatic rings. The highest BCUT2D eigenvalue weighted by molar-refractivity contribution is 9.11. The summed E-state index contributed by atoms with van der Waals surface area (Å²) < 4.78 is 8.31. The zero-order valence-corrected chi connectivity index (χ0v) is 15.7. The van der Waals surface area contributed by atoms with Crippen molar-refractivity contribution in [1.82, 2.24) is 5.32 Å². The highest BCUT2D eigenvalue weighted by Crippen LogP contribution is 2.42. The van der Waals surface area contributed by atoms with Gasteiger partial charge in [0.15, 0.2) is 0 Å². The molecule has 0 spiro atoms. The predicted molar refractivity (Wildman–Crippen MR) is 90.9 cm³/mol. The molecule has 1 fully saturated rings. The van der Waals surface area contributed by atoms with Gasteiger partial charge < -0.3 is 10.1 Å². The van der Waals surface area contributed by atoms with Gasteiger partial charge in [0.25, 0.3) is 0 Å². The molecule has 1 saturated heterocycles. The molecule has 1 heterocycles. The maximum Gasteiger partial charge on any atom is 0.0600 e. The number of hydrogen-bond acceptors (Lipinski definition) is 2. The van der Waals surface area contributed by atoms with Crippen LogP contribution in [0.25, 0.3) is 0 Å². The maximum absolute atomic E-state index is 6.04. The van der Waals surface area contributed by atoms with E-state index in [9.17, 15) is 0 Å². The van der Waals surface area contributed by atoms with Crippen LogP contribution >= 0.6 is 31.9 Å². The third-order valence-corrected chi connectivity index (χ3v) is 5.64. The van der Waals surface area contributed by atoms with E-state index in [0.29, 0.717) is 24.0 Å². The monoisotopic (exact) mass is 403 g/mol. The van der Waals surface area contributed by atoms with Crippen molar-refractivity contribution in [2.45, 2.75) is 45.9 Å². The number of halogens is 2. The van der Waals surface area contributed by atoms with Crippen LogP contribution in [-0.2, 0) is 4.74 Å². The van der Waals surface area contributed by atoms with Gasteiger partial charge in [-0.2, -0.15) is 0 Å². The quantitative estimate of drug-likeness (QED) is 0.768. The first kappa shape index (κ1) is 16.5. The number of hydrogen-bond donors (Lipinski definition) is 1. The molecule has 1 aliphatic heterocycles. The second-order valence-corrected chi connectivity index (χ2v) is 7.45. The van der Waals surface area contributed by atoms with Gasteiger partial charge in [0.2, 0.25) is 0 Å². The van der Waals surface area contributed by atoms with Gasteiger partial charge in [-0.15, -0.1) is 0 Å². The molecule has 1 aromatic carbocycles. The van der Waals surface area contributed by atoms with Crippen molar-refractivity contribution in [2.75, 3.05) is 6.54 Å². The van der Waals surface area contributed by atoms with Crippen LogP contribution in [0.2, 0.25) is 0 Å². The Bertz CT molecular complexity index is 466. The van der Waals surface area contributed by atoms with E-state index >= 15 is 0 Å². The summed E-state index contributed by atoms with van der Waals surface area (Å²) in [6, 6.07) is 6.69. The molecule has 5 atom stereocenters. The first-order valence-electron chi connectivity index (χ1n) is 7.29. The fourth-order valence-corrected chi connectivity index (χ4v) is 4.17. The van der Waals surface area contributed by atoms with Crippen LogP contribution in [-0.4, -0.2) is 18.8 Å². The molecular formula is C16H23Br2NO. The van der Waals surface area contributed by atoms with Crippen molar-refractivity contribution in [1.29, 1.82) is 0 Å². The SMILES string of the molecule is CCNC(c1cc(Br)ccc1Br)C1C(C)OC(C)C1C. The summed E-state index contributed by atoms with van der Waals surface area (Å²) in [7, 11) is 0. The van der Waals surface area contributed by atoms with E-state index in [1.165, 1.54) is 5.56 Å². The average molecular weight is 405 g/mol. The summed E-state index contributed by atoms with van der Waals surface area (Å²) in [5, 5.41) is 3.66. The molecule has 0 saturated carbocycles. The normalized spacial score (nSPS) is 31.5. The van der Waals surface area contributed by atoms with Crippen molar-refractivity contribution in [3.63, 3.8) is 0 Å². The fraction of sp³-hybridized carbons (Fsp3) is 0.625. The molecule has 2 rings (SSSR count). The van der Waals surface area contributed by atoms with Gasteiger partial charge >= 0.3 is 0 Å². The van der Waals surface area contributed by atoms with E-state index in [1.807, 2.05) is 0 Å². The Balaban J connectivity index is 2.38. The molecule has 4 heteroatoms. The molecule has 1 aromatic rings. The lowest BCUT2D eigenvalue weighted by Crippen LogP contribution is -2.35. The summed E-state index contributed by atoms with van der Waals surface area (Å²) in [4.78, 5) is 0. The molecule has 20 heavy (non-hydrogen) atoms. The fourth-order valence-electron chi connectivity index (χ4n) is 3.29. The minimum absolute atomic E-state index is 0.273.